The number of nitrogens with zero attached hydrogens (tertiary/aromatic N) is 1. The molecule has 0 radical (unpaired) electrons. The number of hydrogen-bond donors (Lipinski definition) is 1. The quantitative estimate of drug-likeness (QED) is 0.650. The second-order valence-electron chi connectivity index (χ2n) is 5.22. The summed E-state index contributed by atoms with van der Waals surface area (Å²) in [6.45, 7) is 0. The molecule has 1 N–H and O–H groups in total. The number of benzene rings is 2. The van der Waals surface area contributed by atoms with Gasteiger partial charge in [-0.2, -0.15) is 0 Å². The lowest BCUT2D eigenvalue weighted by atomic mass is 9.88. The molecule has 2 aromatic rings. The molecular weight excluding hydrogens is 360 g/mol. The highest BCUT2D eigenvalue weighted by Gasteiger charge is 2.40. The minimum absolute atomic E-state index is 0.380. The van der Waals surface area contributed by atoms with Gasteiger partial charge in [-0.25, -0.2) is 0 Å². The van der Waals surface area contributed by atoms with Crippen LogP contribution in [-0.4, -0.2) is 29.7 Å². The van der Waals surface area contributed by atoms with Gasteiger partial charge >= 0.3 is 0 Å². The zero-order chi connectivity index (χ0) is 16.6. The van der Waals surface area contributed by atoms with Crippen LogP contribution < -0.4 is 5.32 Å². The van der Waals surface area contributed by atoms with Crippen LogP contribution in [0.4, 0.5) is 5.69 Å². The van der Waals surface area contributed by atoms with E-state index in [0.717, 1.165) is 9.37 Å². The number of nitrogens with one attached hydrogen (secondary N) is 1. The molecule has 0 spiro atoms. The van der Waals surface area contributed by atoms with Crippen LogP contribution in [0.3, 0.4) is 0 Å². The Morgan fingerprint density at radius 3 is 2.43 bits per heavy atom. The Kier molecular flexibility index (Phi) is 4.00. The lowest BCUT2D eigenvalue weighted by Gasteiger charge is -2.29. The third-order valence-electron chi connectivity index (χ3n) is 3.76. The summed E-state index contributed by atoms with van der Waals surface area (Å²) in [5.74, 6) is -2.40. The van der Waals surface area contributed by atoms with E-state index in [2.05, 4.69) is 21.2 Å². The van der Waals surface area contributed by atoms with E-state index < -0.39 is 23.6 Å². The molecule has 0 saturated heterocycles. The van der Waals surface area contributed by atoms with Crippen molar-refractivity contribution >= 4 is 39.3 Å². The van der Waals surface area contributed by atoms with Gasteiger partial charge in [-0.15, -0.1) is 0 Å². The van der Waals surface area contributed by atoms with Crippen LogP contribution >= 0.6 is 15.9 Å². The number of carbonyl (C=O) groups is 3. The summed E-state index contributed by atoms with van der Waals surface area (Å²) in [6.07, 6.45) is 0. The van der Waals surface area contributed by atoms with E-state index in [1.807, 2.05) is 0 Å². The van der Waals surface area contributed by atoms with Crippen LogP contribution in [0, 0.1) is 0 Å². The van der Waals surface area contributed by atoms with E-state index in [9.17, 15) is 14.4 Å². The number of likely N-dealkylation sites (N-methyl/N-ethyl adjacent to an activating group) is 1. The van der Waals surface area contributed by atoms with Gasteiger partial charge in [0, 0.05) is 22.8 Å². The summed E-state index contributed by atoms with van der Waals surface area (Å²) in [5.41, 5.74) is 1.41. The molecule has 3 amide bonds. The van der Waals surface area contributed by atoms with Crippen molar-refractivity contribution in [2.45, 2.75) is 5.92 Å². The summed E-state index contributed by atoms with van der Waals surface area (Å²) in [6, 6.07) is 13.7. The molecule has 0 saturated carbocycles. The van der Waals surface area contributed by atoms with E-state index in [-0.39, 0.29) is 0 Å². The molecule has 0 fully saturated rings. The van der Waals surface area contributed by atoms with Crippen molar-refractivity contribution in [1.82, 2.24) is 4.90 Å². The molecule has 6 heteroatoms. The van der Waals surface area contributed by atoms with Crippen molar-refractivity contribution in [3.63, 3.8) is 0 Å². The van der Waals surface area contributed by atoms with Gasteiger partial charge in [0.15, 0.2) is 0 Å². The maximum absolute atomic E-state index is 12.6. The fourth-order valence-corrected chi connectivity index (χ4v) is 2.82. The van der Waals surface area contributed by atoms with Gasteiger partial charge < -0.3 is 5.32 Å². The first-order chi connectivity index (χ1) is 11.0. The molecule has 0 aromatic heterocycles. The van der Waals surface area contributed by atoms with Crippen molar-refractivity contribution in [3.8, 4) is 0 Å². The van der Waals surface area contributed by atoms with Crippen molar-refractivity contribution in [2.75, 3.05) is 12.4 Å². The Bertz CT molecular complexity index is 802. The molecular formula is C17H13BrN2O3. The molecule has 0 bridgehead atoms. The lowest BCUT2D eigenvalue weighted by Crippen LogP contribution is -2.46. The Hall–Kier alpha value is -2.47. The van der Waals surface area contributed by atoms with Gasteiger partial charge in [-0.3, -0.25) is 19.3 Å². The first kappa shape index (κ1) is 15.4. The molecule has 1 aliphatic heterocycles. The highest BCUT2D eigenvalue weighted by molar-refractivity contribution is 9.10. The average Bonchev–Trinajstić information content (AvgIpc) is 2.55. The Morgan fingerprint density at radius 1 is 1.09 bits per heavy atom. The second kappa shape index (κ2) is 5.96. The van der Waals surface area contributed by atoms with Gasteiger partial charge in [0.1, 0.15) is 5.92 Å². The minimum atomic E-state index is -1.03. The largest absolute Gasteiger partial charge is 0.325 e. The Balaban J connectivity index is 1.96. The van der Waals surface area contributed by atoms with Gasteiger partial charge in [0.05, 0.1) is 0 Å². The first-order valence-electron chi connectivity index (χ1n) is 6.96. The molecule has 23 heavy (non-hydrogen) atoms. The van der Waals surface area contributed by atoms with Crippen LogP contribution in [0.2, 0.25) is 0 Å². The fourth-order valence-electron chi connectivity index (χ4n) is 2.55. The van der Waals surface area contributed by atoms with E-state index >= 15 is 0 Å². The van der Waals surface area contributed by atoms with Crippen LogP contribution in [0.5, 0.6) is 0 Å². The fraction of sp³-hybridized carbons (Fsp3) is 0.118. The van der Waals surface area contributed by atoms with Crippen molar-refractivity contribution in [3.05, 3.63) is 64.1 Å². The summed E-state index contributed by atoms with van der Waals surface area (Å²) in [5, 5.41) is 2.73. The Morgan fingerprint density at radius 2 is 1.74 bits per heavy atom. The predicted octanol–water partition coefficient (Wildman–Crippen LogP) is 2.78. The predicted molar refractivity (Wildman–Crippen MR) is 89.1 cm³/mol. The summed E-state index contributed by atoms with van der Waals surface area (Å²) in [7, 11) is 1.39. The number of imide groups is 1. The number of halogens is 1. The summed E-state index contributed by atoms with van der Waals surface area (Å²) >= 11 is 3.32. The zero-order valence-corrected chi connectivity index (χ0v) is 13.8. The van der Waals surface area contributed by atoms with Crippen LogP contribution in [0.1, 0.15) is 21.8 Å². The maximum atomic E-state index is 12.6. The monoisotopic (exact) mass is 372 g/mol. The number of amides is 3. The standard InChI is InChI=1S/C17H13BrN2O3/c1-20-16(22)13-5-3-2-4-12(13)14(17(20)23)15(21)19-11-8-6-10(18)7-9-11/h2-9,14H,1H3,(H,19,21). The van der Waals surface area contributed by atoms with Crippen LogP contribution in [0.25, 0.3) is 0 Å². The van der Waals surface area contributed by atoms with Gasteiger partial charge in [0.25, 0.3) is 5.91 Å². The summed E-state index contributed by atoms with van der Waals surface area (Å²) in [4.78, 5) is 38.2. The normalized spacial score (nSPS) is 17.0. The van der Waals surface area contributed by atoms with Gasteiger partial charge in [-0.1, -0.05) is 34.1 Å². The highest BCUT2D eigenvalue weighted by atomic mass is 79.9. The SMILES string of the molecule is CN1C(=O)c2ccccc2C(C(=O)Nc2ccc(Br)cc2)C1=O. The van der Waals surface area contributed by atoms with Crippen LogP contribution in [-0.2, 0) is 9.59 Å². The molecule has 0 aliphatic carbocycles. The molecule has 1 atom stereocenters. The maximum Gasteiger partial charge on any atom is 0.260 e. The van der Waals surface area contributed by atoms with Crippen molar-refractivity contribution in [2.24, 2.45) is 0 Å². The molecule has 116 valence electrons. The first-order valence-corrected chi connectivity index (χ1v) is 7.75. The molecule has 3 rings (SSSR count). The van der Waals surface area contributed by atoms with E-state index in [4.69, 9.17) is 0 Å². The molecule has 1 aliphatic rings. The van der Waals surface area contributed by atoms with Crippen molar-refractivity contribution in [1.29, 1.82) is 0 Å². The molecule has 1 heterocycles. The number of hydrogen-bond acceptors (Lipinski definition) is 3. The number of carbonyl (C=O) groups excluding carboxylic acids is 3. The molecule has 5 nitrogen and oxygen atoms in total. The smallest absolute Gasteiger partial charge is 0.260 e. The molecule has 2 aromatic carbocycles. The number of rotatable bonds is 2. The Labute approximate surface area is 141 Å². The third-order valence-corrected chi connectivity index (χ3v) is 4.29. The van der Waals surface area contributed by atoms with E-state index in [1.165, 1.54) is 7.05 Å². The molecule has 1 unspecified atom stereocenters. The lowest BCUT2D eigenvalue weighted by molar-refractivity contribution is -0.134. The third kappa shape index (κ3) is 2.77. The van der Waals surface area contributed by atoms with Gasteiger partial charge in [0.2, 0.25) is 11.8 Å². The summed E-state index contributed by atoms with van der Waals surface area (Å²) < 4.78 is 0.889. The van der Waals surface area contributed by atoms with E-state index in [1.54, 1.807) is 48.5 Å². The zero-order valence-electron chi connectivity index (χ0n) is 12.2. The van der Waals surface area contributed by atoms with E-state index in [0.29, 0.717) is 16.8 Å². The second-order valence-corrected chi connectivity index (χ2v) is 6.13. The number of fused-ring (bicyclic) bond motifs is 1. The minimum Gasteiger partial charge on any atom is -0.325 e. The average molecular weight is 373 g/mol. The topological polar surface area (TPSA) is 66.5 Å². The number of anilines is 1. The highest BCUT2D eigenvalue weighted by Crippen LogP contribution is 2.30. The van der Waals surface area contributed by atoms with Crippen molar-refractivity contribution < 1.29 is 14.4 Å². The van der Waals surface area contributed by atoms with Gasteiger partial charge in [-0.05, 0) is 35.9 Å². The van der Waals surface area contributed by atoms with Crippen LogP contribution in [0.15, 0.2) is 53.0 Å².